The average molecular weight is 451 g/mol. The maximum Gasteiger partial charge on any atom is 0.271 e. The molecule has 24 heavy (non-hydrogen) atoms. The highest BCUT2D eigenvalue weighted by atomic mass is 79.9. The monoisotopic (exact) mass is 450 g/mol. The van der Waals surface area contributed by atoms with Gasteiger partial charge in [0.25, 0.3) is 15.2 Å². The lowest BCUT2D eigenvalue weighted by Gasteiger charge is -2.15. The highest BCUT2D eigenvalue weighted by Gasteiger charge is 2.25. The molecule has 2 heterocycles. The van der Waals surface area contributed by atoms with Crippen LogP contribution >= 0.6 is 39.5 Å². The summed E-state index contributed by atoms with van der Waals surface area (Å²) in [5.74, 6) is -0.723. The molecular weight excluding hydrogens is 439 g/mol. The first-order chi connectivity index (χ1) is 11.3. The van der Waals surface area contributed by atoms with Gasteiger partial charge < -0.3 is 10.1 Å². The Labute approximate surface area is 156 Å². The Morgan fingerprint density at radius 1 is 1.54 bits per heavy atom. The second-order valence-corrected chi connectivity index (χ2v) is 9.19. The number of halogens is 2. The first-order valence-corrected chi connectivity index (χ1v) is 10.4. The molecule has 1 unspecified atom stereocenters. The van der Waals surface area contributed by atoms with E-state index in [2.05, 4.69) is 26.0 Å². The predicted molar refractivity (Wildman–Crippen MR) is 99.7 cm³/mol. The van der Waals surface area contributed by atoms with Crippen molar-refractivity contribution in [2.75, 3.05) is 10.0 Å². The minimum Gasteiger partial charge on any atom is -0.467 e. The third-order valence-electron chi connectivity index (χ3n) is 3.34. The van der Waals surface area contributed by atoms with Crippen molar-refractivity contribution in [2.24, 2.45) is 0 Å². The Balaban J connectivity index is 2.05. The van der Waals surface area contributed by atoms with E-state index in [-0.39, 0.29) is 25.6 Å². The molecule has 3 rings (SSSR count). The van der Waals surface area contributed by atoms with Crippen molar-refractivity contribution in [3.05, 3.63) is 39.4 Å². The van der Waals surface area contributed by atoms with Crippen LogP contribution in [0.5, 0.6) is 0 Å². The van der Waals surface area contributed by atoms with Crippen LogP contribution in [-0.4, -0.2) is 19.7 Å². The van der Waals surface area contributed by atoms with E-state index in [1.807, 2.05) is 6.92 Å². The van der Waals surface area contributed by atoms with Crippen LogP contribution in [0.15, 0.2) is 32.3 Å². The molecule has 0 aliphatic carbocycles. The standard InChI is InChI=1S/C14H12BrFN2O3S3/c1-7-5-8-6-9(18-24(19,20)10-3-2-4-23-10)12(16)11(15)13(8)17-14(22)21-7/h2-4,6-7,18H,5H2,1H3,(H,17,22). The third kappa shape index (κ3) is 3.41. The van der Waals surface area contributed by atoms with Gasteiger partial charge in [0.15, 0.2) is 5.82 Å². The summed E-state index contributed by atoms with van der Waals surface area (Å²) in [5, 5.41) is 4.61. The Morgan fingerprint density at radius 2 is 2.29 bits per heavy atom. The molecule has 1 aliphatic heterocycles. The summed E-state index contributed by atoms with van der Waals surface area (Å²) in [7, 11) is -3.84. The zero-order valence-corrected chi connectivity index (χ0v) is 16.3. The van der Waals surface area contributed by atoms with Crippen molar-refractivity contribution in [1.82, 2.24) is 0 Å². The van der Waals surface area contributed by atoms with Crippen LogP contribution in [0.25, 0.3) is 0 Å². The van der Waals surface area contributed by atoms with E-state index < -0.39 is 15.8 Å². The lowest BCUT2D eigenvalue weighted by molar-refractivity contribution is 0.217. The van der Waals surface area contributed by atoms with Crippen LogP contribution in [0.1, 0.15) is 12.5 Å². The molecule has 1 atom stereocenters. The fourth-order valence-corrected chi connectivity index (χ4v) is 5.20. The number of nitrogens with one attached hydrogen (secondary N) is 2. The lowest BCUT2D eigenvalue weighted by atomic mass is 10.1. The second kappa shape index (κ2) is 6.58. The number of thiocarbonyl (C=S) groups is 1. The first-order valence-electron chi connectivity index (χ1n) is 6.83. The highest BCUT2D eigenvalue weighted by Crippen LogP contribution is 2.37. The van der Waals surface area contributed by atoms with Crippen molar-refractivity contribution >= 4 is 66.1 Å². The zero-order valence-electron chi connectivity index (χ0n) is 12.3. The minimum absolute atomic E-state index is 0.101. The van der Waals surface area contributed by atoms with E-state index in [1.54, 1.807) is 11.4 Å². The molecule has 0 saturated carbocycles. The summed E-state index contributed by atoms with van der Waals surface area (Å²) >= 11 is 9.26. The van der Waals surface area contributed by atoms with Gasteiger partial charge in [0.1, 0.15) is 10.3 Å². The summed E-state index contributed by atoms with van der Waals surface area (Å²) in [4.78, 5) is 0. The van der Waals surface area contributed by atoms with Crippen molar-refractivity contribution in [3.8, 4) is 0 Å². The van der Waals surface area contributed by atoms with Gasteiger partial charge in [-0.05, 0) is 58.1 Å². The molecule has 5 nitrogen and oxygen atoms in total. The number of fused-ring (bicyclic) bond motifs is 1. The number of anilines is 2. The quantitative estimate of drug-likeness (QED) is 0.688. The van der Waals surface area contributed by atoms with Gasteiger partial charge in [-0.15, -0.1) is 11.3 Å². The van der Waals surface area contributed by atoms with Crippen molar-refractivity contribution < 1.29 is 17.5 Å². The van der Waals surface area contributed by atoms with Crippen LogP contribution in [-0.2, 0) is 21.2 Å². The van der Waals surface area contributed by atoms with Crippen LogP contribution in [0.3, 0.4) is 0 Å². The molecule has 1 aliphatic rings. The summed E-state index contributed by atoms with van der Waals surface area (Å²) in [6, 6.07) is 4.53. The Bertz CT molecular complexity index is 900. The van der Waals surface area contributed by atoms with Gasteiger partial charge in [0.2, 0.25) is 0 Å². The van der Waals surface area contributed by atoms with Crippen LogP contribution in [0.4, 0.5) is 15.8 Å². The maximum absolute atomic E-state index is 14.6. The second-order valence-electron chi connectivity index (χ2n) is 5.17. The van der Waals surface area contributed by atoms with E-state index in [0.29, 0.717) is 17.7 Å². The van der Waals surface area contributed by atoms with Gasteiger partial charge >= 0.3 is 0 Å². The number of hydrogen-bond donors (Lipinski definition) is 2. The summed E-state index contributed by atoms with van der Waals surface area (Å²) in [6.45, 7) is 1.83. The van der Waals surface area contributed by atoms with Gasteiger partial charge in [-0.3, -0.25) is 4.72 Å². The fourth-order valence-electron chi connectivity index (χ4n) is 2.33. The smallest absolute Gasteiger partial charge is 0.271 e. The summed E-state index contributed by atoms with van der Waals surface area (Å²) < 4.78 is 47.2. The summed E-state index contributed by atoms with van der Waals surface area (Å²) in [6.07, 6.45) is 0.236. The topological polar surface area (TPSA) is 67.4 Å². The summed E-state index contributed by atoms with van der Waals surface area (Å²) in [5.41, 5.74) is 1.01. The maximum atomic E-state index is 14.6. The van der Waals surface area contributed by atoms with Gasteiger partial charge in [0.05, 0.1) is 15.8 Å². The average Bonchev–Trinajstić information content (AvgIpc) is 2.99. The van der Waals surface area contributed by atoms with Gasteiger partial charge in [-0.25, -0.2) is 12.8 Å². The number of hydrogen-bond acceptors (Lipinski definition) is 5. The number of benzene rings is 1. The Morgan fingerprint density at radius 3 is 2.96 bits per heavy atom. The van der Waals surface area contributed by atoms with E-state index in [0.717, 1.165) is 11.3 Å². The molecule has 1 aromatic carbocycles. The molecule has 0 spiro atoms. The molecule has 1 aromatic heterocycles. The van der Waals surface area contributed by atoms with Crippen LogP contribution < -0.4 is 10.0 Å². The number of ether oxygens (including phenoxy) is 1. The molecule has 2 aromatic rings. The normalized spacial score (nSPS) is 17.5. The van der Waals surface area contributed by atoms with E-state index in [1.165, 1.54) is 12.1 Å². The molecule has 128 valence electrons. The molecule has 0 amide bonds. The molecule has 2 N–H and O–H groups in total. The lowest BCUT2D eigenvalue weighted by Crippen LogP contribution is -2.17. The zero-order chi connectivity index (χ0) is 17.5. The van der Waals surface area contributed by atoms with Crippen LogP contribution in [0.2, 0.25) is 0 Å². The largest absolute Gasteiger partial charge is 0.467 e. The molecule has 0 saturated heterocycles. The van der Waals surface area contributed by atoms with E-state index in [9.17, 15) is 12.8 Å². The minimum atomic E-state index is -3.84. The molecule has 10 heteroatoms. The van der Waals surface area contributed by atoms with Crippen molar-refractivity contribution in [2.45, 2.75) is 23.7 Å². The molecule has 0 fully saturated rings. The Hall–Kier alpha value is -1.23. The number of sulfonamides is 1. The molecular formula is C14H12BrFN2O3S3. The molecule has 0 radical (unpaired) electrons. The number of rotatable bonds is 3. The van der Waals surface area contributed by atoms with Gasteiger partial charge in [-0.1, -0.05) is 6.07 Å². The SMILES string of the molecule is CC1Cc2cc(NS(=O)(=O)c3cccs3)c(F)c(Br)c2NC(=S)O1. The van der Waals surface area contributed by atoms with E-state index >= 15 is 0 Å². The predicted octanol–water partition coefficient (Wildman–Crippen LogP) is 4.11. The first kappa shape index (κ1) is 17.6. The van der Waals surface area contributed by atoms with Crippen LogP contribution in [0, 0.1) is 5.82 Å². The number of thiophene rings is 1. The van der Waals surface area contributed by atoms with Gasteiger partial charge in [0, 0.05) is 6.42 Å². The third-order valence-corrected chi connectivity index (χ3v) is 7.04. The van der Waals surface area contributed by atoms with Gasteiger partial charge in [-0.2, -0.15) is 0 Å². The fraction of sp³-hybridized carbons (Fsp3) is 0.214. The van der Waals surface area contributed by atoms with Crippen molar-refractivity contribution in [1.29, 1.82) is 0 Å². The highest BCUT2D eigenvalue weighted by molar-refractivity contribution is 9.10. The van der Waals surface area contributed by atoms with E-state index in [4.69, 9.17) is 17.0 Å². The van der Waals surface area contributed by atoms with Crippen molar-refractivity contribution in [3.63, 3.8) is 0 Å². The molecule has 0 bridgehead atoms. The Kier molecular flexibility index (Phi) is 4.82.